The molecule has 3 rings (SSSR count). The van der Waals surface area contributed by atoms with Crippen molar-refractivity contribution in [3.05, 3.63) is 59.7 Å². The van der Waals surface area contributed by atoms with Crippen molar-refractivity contribution in [2.75, 3.05) is 13.2 Å². The molecule has 25 heavy (non-hydrogen) atoms. The van der Waals surface area contributed by atoms with Crippen molar-refractivity contribution in [2.24, 2.45) is 0 Å². The number of fused-ring (bicyclic) bond motifs is 1. The molecular formula is C19H19FN2O3. The summed E-state index contributed by atoms with van der Waals surface area (Å²) < 4.78 is 25.9. The van der Waals surface area contributed by atoms with Crippen LogP contribution >= 0.6 is 0 Å². The fraction of sp³-hybridized carbons (Fsp3) is 0.263. The van der Waals surface area contributed by atoms with Gasteiger partial charge < -0.3 is 14.0 Å². The number of halogens is 1. The summed E-state index contributed by atoms with van der Waals surface area (Å²) in [5, 5.41) is 0. The SMILES string of the molecule is CCOCCn1c(C=O)nc2ccc(OCc3ccc(F)cc3)cc21. The highest BCUT2D eigenvalue weighted by molar-refractivity contribution is 5.84. The molecular weight excluding hydrogens is 323 g/mol. The summed E-state index contributed by atoms with van der Waals surface area (Å²) in [5.74, 6) is 0.752. The lowest BCUT2D eigenvalue weighted by Gasteiger charge is -2.09. The minimum Gasteiger partial charge on any atom is -0.489 e. The van der Waals surface area contributed by atoms with Crippen LogP contribution in [0.5, 0.6) is 5.75 Å². The Morgan fingerprint density at radius 1 is 1.20 bits per heavy atom. The average molecular weight is 342 g/mol. The van der Waals surface area contributed by atoms with Gasteiger partial charge in [0.1, 0.15) is 18.2 Å². The Morgan fingerprint density at radius 2 is 2.00 bits per heavy atom. The molecule has 0 saturated heterocycles. The van der Waals surface area contributed by atoms with Gasteiger partial charge in [-0.3, -0.25) is 4.79 Å². The number of hydrogen-bond acceptors (Lipinski definition) is 4. The van der Waals surface area contributed by atoms with Crippen molar-refractivity contribution in [1.82, 2.24) is 9.55 Å². The number of aldehydes is 1. The van der Waals surface area contributed by atoms with Crippen molar-refractivity contribution in [3.63, 3.8) is 0 Å². The molecule has 130 valence electrons. The number of imidazole rings is 1. The Kier molecular flexibility index (Phi) is 5.40. The Bertz CT molecular complexity index is 859. The first kappa shape index (κ1) is 17.1. The minimum absolute atomic E-state index is 0.273. The molecule has 0 radical (unpaired) electrons. The lowest BCUT2D eigenvalue weighted by atomic mass is 10.2. The van der Waals surface area contributed by atoms with E-state index in [1.165, 1.54) is 12.1 Å². The predicted octanol–water partition coefficient (Wildman–Crippen LogP) is 3.60. The summed E-state index contributed by atoms with van der Waals surface area (Å²) in [6, 6.07) is 11.7. The number of hydrogen-bond donors (Lipinski definition) is 0. The number of rotatable bonds is 8. The van der Waals surface area contributed by atoms with Crippen LogP contribution in [-0.2, 0) is 17.9 Å². The van der Waals surface area contributed by atoms with Crippen LogP contribution in [0.15, 0.2) is 42.5 Å². The van der Waals surface area contributed by atoms with Gasteiger partial charge >= 0.3 is 0 Å². The lowest BCUT2D eigenvalue weighted by molar-refractivity contribution is 0.110. The standard InChI is InChI=1S/C19H19FN2O3/c1-2-24-10-9-22-18-11-16(7-8-17(18)21-19(22)12-23)25-13-14-3-5-15(20)6-4-14/h3-8,11-12H,2,9-10,13H2,1H3. The first-order valence-electron chi connectivity index (χ1n) is 8.11. The van der Waals surface area contributed by atoms with Gasteiger partial charge in [0.05, 0.1) is 17.6 Å². The summed E-state index contributed by atoms with van der Waals surface area (Å²) in [6.07, 6.45) is 0.741. The molecule has 6 heteroatoms. The van der Waals surface area contributed by atoms with Gasteiger partial charge in [-0.2, -0.15) is 0 Å². The van der Waals surface area contributed by atoms with Crippen molar-refractivity contribution in [1.29, 1.82) is 0 Å². The quantitative estimate of drug-likeness (QED) is 0.464. The summed E-state index contributed by atoms with van der Waals surface area (Å²) in [5.41, 5.74) is 2.42. The molecule has 0 spiro atoms. The second-order valence-corrected chi connectivity index (χ2v) is 5.50. The summed E-state index contributed by atoms with van der Waals surface area (Å²) in [6.45, 7) is 3.92. The van der Waals surface area contributed by atoms with Gasteiger partial charge in [0.15, 0.2) is 12.1 Å². The van der Waals surface area contributed by atoms with Crippen LogP contribution in [0.25, 0.3) is 11.0 Å². The third kappa shape index (κ3) is 4.03. The van der Waals surface area contributed by atoms with Crippen LogP contribution in [0.4, 0.5) is 4.39 Å². The molecule has 2 aromatic carbocycles. The Labute approximate surface area is 145 Å². The van der Waals surface area contributed by atoms with E-state index in [2.05, 4.69) is 4.98 Å². The third-order valence-electron chi connectivity index (χ3n) is 3.84. The van der Waals surface area contributed by atoms with Crippen molar-refractivity contribution >= 4 is 17.3 Å². The molecule has 0 saturated carbocycles. The van der Waals surface area contributed by atoms with E-state index >= 15 is 0 Å². The van der Waals surface area contributed by atoms with Crippen LogP contribution in [0.1, 0.15) is 23.1 Å². The van der Waals surface area contributed by atoms with E-state index in [0.717, 1.165) is 22.9 Å². The van der Waals surface area contributed by atoms with Gasteiger partial charge in [-0.15, -0.1) is 0 Å². The molecule has 0 amide bonds. The van der Waals surface area contributed by atoms with E-state index in [4.69, 9.17) is 9.47 Å². The van der Waals surface area contributed by atoms with Crippen molar-refractivity contribution in [2.45, 2.75) is 20.1 Å². The van der Waals surface area contributed by atoms with Crippen LogP contribution < -0.4 is 4.74 Å². The van der Waals surface area contributed by atoms with Gasteiger partial charge in [0.25, 0.3) is 0 Å². The topological polar surface area (TPSA) is 53.4 Å². The maximum absolute atomic E-state index is 12.9. The van der Waals surface area contributed by atoms with Gasteiger partial charge in [-0.1, -0.05) is 12.1 Å². The van der Waals surface area contributed by atoms with Crippen molar-refractivity contribution < 1.29 is 18.7 Å². The van der Waals surface area contributed by atoms with Crippen molar-refractivity contribution in [3.8, 4) is 5.75 Å². The first-order chi connectivity index (χ1) is 12.2. The maximum Gasteiger partial charge on any atom is 0.185 e. The lowest BCUT2D eigenvalue weighted by Crippen LogP contribution is -2.09. The van der Waals surface area contributed by atoms with E-state index in [1.54, 1.807) is 18.2 Å². The van der Waals surface area contributed by atoms with E-state index in [0.29, 0.717) is 37.9 Å². The van der Waals surface area contributed by atoms with Crippen LogP contribution in [-0.4, -0.2) is 29.1 Å². The van der Waals surface area contributed by atoms with Crippen LogP contribution in [0.2, 0.25) is 0 Å². The number of ether oxygens (including phenoxy) is 2. The van der Waals surface area contributed by atoms with Gasteiger partial charge in [0.2, 0.25) is 0 Å². The monoisotopic (exact) mass is 342 g/mol. The summed E-state index contributed by atoms with van der Waals surface area (Å²) in [7, 11) is 0. The molecule has 0 N–H and O–H groups in total. The zero-order valence-electron chi connectivity index (χ0n) is 13.9. The van der Waals surface area contributed by atoms with E-state index < -0.39 is 0 Å². The molecule has 1 aromatic heterocycles. The van der Waals surface area contributed by atoms with Crippen LogP contribution in [0.3, 0.4) is 0 Å². The molecule has 5 nitrogen and oxygen atoms in total. The highest BCUT2D eigenvalue weighted by Crippen LogP contribution is 2.22. The van der Waals surface area contributed by atoms with Gasteiger partial charge in [-0.05, 0) is 36.8 Å². The molecule has 3 aromatic rings. The molecule has 0 bridgehead atoms. The highest BCUT2D eigenvalue weighted by atomic mass is 19.1. The summed E-state index contributed by atoms with van der Waals surface area (Å²) >= 11 is 0. The maximum atomic E-state index is 12.9. The fourth-order valence-corrected chi connectivity index (χ4v) is 2.58. The number of carbonyl (C=O) groups excluding carboxylic acids is 1. The largest absolute Gasteiger partial charge is 0.489 e. The average Bonchev–Trinajstić information content (AvgIpc) is 2.99. The van der Waals surface area contributed by atoms with E-state index in [-0.39, 0.29) is 5.82 Å². The van der Waals surface area contributed by atoms with E-state index in [1.807, 2.05) is 23.6 Å². The van der Waals surface area contributed by atoms with Gasteiger partial charge in [0, 0.05) is 19.2 Å². The zero-order valence-corrected chi connectivity index (χ0v) is 13.9. The fourth-order valence-electron chi connectivity index (χ4n) is 2.58. The minimum atomic E-state index is -0.273. The highest BCUT2D eigenvalue weighted by Gasteiger charge is 2.11. The van der Waals surface area contributed by atoms with E-state index in [9.17, 15) is 9.18 Å². The number of aromatic nitrogens is 2. The molecule has 0 aliphatic carbocycles. The Hall–Kier alpha value is -2.73. The molecule has 0 unspecified atom stereocenters. The first-order valence-corrected chi connectivity index (χ1v) is 8.11. The number of benzene rings is 2. The molecule has 0 atom stereocenters. The summed E-state index contributed by atoms with van der Waals surface area (Å²) in [4.78, 5) is 15.6. The second kappa shape index (κ2) is 7.90. The number of carbonyl (C=O) groups is 1. The molecule has 0 aliphatic rings. The van der Waals surface area contributed by atoms with Crippen LogP contribution in [0, 0.1) is 5.82 Å². The van der Waals surface area contributed by atoms with Gasteiger partial charge in [-0.25, -0.2) is 9.37 Å². The Morgan fingerprint density at radius 3 is 2.72 bits per heavy atom. The number of nitrogens with zero attached hydrogens (tertiary/aromatic N) is 2. The second-order valence-electron chi connectivity index (χ2n) is 5.50. The molecule has 0 aliphatic heterocycles. The zero-order chi connectivity index (χ0) is 17.6. The Balaban J connectivity index is 1.80. The predicted molar refractivity (Wildman–Crippen MR) is 92.3 cm³/mol. The smallest absolute Gasteiger partial charge is 0.185 e. The third-order valence-corrected chi connectivity index (χ3v) is 3.84. The molecule has 0 fully saturated rings. The normalized spacial score (nSPS) is 11.0. The molecule has 1 heterocycles.